The van der Waals surface area contributed by atoms with Crippen LogP contribution < -0.4 is 10.6 Å². The predicted molar refractivity (Wildman–Crippen MR) is 107 cm³/mol. The van der Waals surface area contributed by atoms with Crippen LogP contribution in [0.2, 0.25) is 10.0 Å². The smallest absolute Gasteiger partial charge is 0.238 e. The van der Waals surface area contributed by atoms with E-state index >= 15 is 0 Å². The van der Waals surface area contributed by atoms with Crippen LogP contribution in [-0.4, -0.2) is 36.3 Å². The number of rotatable bonds is 7. The first-order valence-electron chi connectivity index (χ1n) is 8.31. The van der Waals surface area contributed by atoms with Gasteiger partial charge in [0.25, 0.3) is 0 Å². The monoisotopic (exact) mass is 411 g/mol. The summed E-state index contributed by atoms with van der Waals surface area (Å²) in [7, 11) is 0. The standard InChI is InChI=1S/C19H20Cl2FN3O2/c1-3-25(10-18(26)23-16-7-6-14(22)9-15(16)21)11-19(27)24-17-8-13(20)5-4-12(17)2/h4-9H,3,10-11H2,1-2H3,(H,23,26)(H,24,27). The summed E-state index contributed by atoms with van der Waals surface area (Å²) in [5.74, 6) is -1.09. The van der Waals surface area contributed by atoms with Crippen molar-refractivity contribution in [1.82, 2.24) is 4.90 Å². The number of carbonyl (C=O) groups excluding carboxylic acids is 2. The van der Waals surface area contributed by atoms with Gasteiger partial charge in [0.15, 0.2) is 0 Å². The summed E-state index contributed by atoms with van der Waals surface area (Å²) < 4.78 is 13.1. The molecule has 2 rings (SSSR count). The summed E-state index contributed by atoms with van der Waals surface area (Å²) in [6.07, 6.45) is 0. The summed E-state index contributed by atoms with van der Waals surface area (Å²) in [6.45, 7) is 4.23. The van der Waals surface area contributed by atoms with E-state index in [1.165, 1.54) is 12.1 Å². The Kier molecular flexibility index (Phi) is 7.59. The van der Waals surface area contributed by atoms with E-state index in [1.54, 1.807) is 17.0 Å². The first-order valence-corrected chi connectivity index (χ1v) is 9.07. The van der Waals surface area contributed by atoms with Crippen LogP contribution in [0, 0.1) is 12.7 Å². The van der Waals surface area contributed by atoms with Gasteiger partial charge < -0.3 is 10.6 Å². The average Bonchev–Trinajstić information content (AvgIpc) is 2.60. The third-order valence-corrected chi connectivity index (χ3v) is 4.41. The highest BCUT2D eigenvalue weighted by molar-refractivity contribution is 6.33. The summed E-state index contributed by atoms with van der Waals surface area (Å²) in [5, 5.41) is 6.05. The van der Waals surface area contributed by atoms with E-state index in [9.17, 15) is 14.0 Å². The lowest BCUT2D eigenvalue weighted by atomic mass is 10.2. The summed E-state index contributed by atoms with van der Waals surface area (Å²) >= 11 is 11.9. The molecule has 0 atom stereocenters. The van der Waals surface area contributed by atoms with Gasteiger partial charge in [-0.2, -0.15) is 0 Å². The molecule has 0 unspecified atom stereocenters. The van der Waals surface area contributed by atoms with E-state index in [0.29, 0.717) is 22.9 Å². The molecule has 0 fully saturated rings. The van der Waals surface area contributed by atoms with Crippen LogP contribution in [0.5, 0.6) is 0 Å². The minimum atomic E-state index is -0.485. The second-order valence-electron chi connectivity index (χ2n) is 5.98. The Hall–Kier alpha value is -2.15. The molecule has 2 aromatic rings. The van der Waals surface area contributed by atoms with Gasteiger partial charge in [0.2, 0.25) is 11.8 Å². The predicted octanol–water partition coefficient (Wildman–Crippen LogP) is 4.34. The largest absolute Gasteiger partial charge is 0.325 e. The zero-order valence-electron chi connectivity index (χ0n) is 15.0. The van der Waals surface area contributed by atoms with Crippen LogP contribution in [-0.2, 0) is 9.59 Å². The van der Waals surface area contributed by atoms with Crippen LogP contribution >= 0.6 is 23.2 Å². The van der Waals surface area contributed by atoms with Crippen LogP contribution in [0.4, 0.5) is 15.8 Å². The maximum absolute atomic E-state index is 13.1. The molecule has 0 aromatic heterocycles. The molecular formula is C19H20Cl2FN3O2. The molecule has 0 heterocycles. The van der Waals surface area contributed by atoms with Crippen molar-refractivity contribution in [2.24, 2.45) is 0 Å². The van der Waals surface area contributed by atoms with E-state index in [4.69, 9.17) is 23.2 Å². The van der Waals surface area contributed by atoms with E-state index in [2.05, 4.69) is 10.6 Å². The zero-order valence-corrected chi connectivity index (χ0v) is 16.5. The summed E-state index contributed by atoms with van der Waals surface area (Å²) in [5.41, 5.74) is 1.84. The normalized spacial score (nSPS) is 10.7. The molecule has 0 radical (unpaired) electrons. The number of benzene rings is 2. The summed E-state index contributed by atoms with van der Waals surface area (Å²) in [6, 6.07) is 8.95. The molecule has 2 aromatic carbocycles. The molecule has 8 heteroatoms. The lowest BCUT2D eigenvalue weighted by molar-refractivity contribution is -0.119. The first-order chi connectivity index (χ1) is 12.8. The van der Waals surface area contributed by atoms with Gasteiger partial charge in [-0.05, 0) is 49.4 Å². The van der Waals surface area contributed by atoms with E-state index in [1.807, 2.05) is 19.9 Å². The number of aryl methyl sites for hydroxylation is 1. The van der Waals surface area contributed by atoms with Gasteiger partial charge in [0.1, 0.15) is 5.82 Å². The van der Waals surface area contributed by atoms with Gasteiger partial charge in [-0.1, -0.05) is 36.2 Å². The topological polar surface area (TPSA) is 61.4 Å². The van der Waals surface area contributed by atoms with Crippen molar-refractivity contribution in [1.29, 1.82) is 0 Å². The Morgan fingerprint density at radius 3 is 2.22 bits per heavy atom. The maximum atomic E-state index is 13.1. The number of hydrogen-bond donors (Lipinski definition) is 2. The van der Waals surface area contributed by atoms with Crippen molar-refractivity contribution in [2.45, 2.75) is 13.8 Å². The van der Waals surface area contributed by atoms with Crippen LogP contribution in [0.25, 0.3) is 0 Å². The number of anilines is 2. The lowest BCUT2D eigenvalue weighted by Crippen LogP contribution is -2.38. The molecule has 5 nitrogen and oxygen atoms in total. The van der Waals surface area contributed by atoms with Gasteiger partial charge in [-0.15, -0.1) is 0 Å². The van der Waals surface area contributed by atoms with E-state index < -0.39 is 5.82 Å². The molecule has 0 saturated carbocycles. The quantitative estimate of drug-likeness (QED) is 0.711. The second kappa shape index (κ2) is 9.69. The number of halogens is 3. The highest BCUT2D eigenvalue weighted by Gasteiger charge is 2.15. The lowest BCUT2D eigenvalue weighted by Gasteiger charge is -2.20. The molecule has 2 amide bonds. The molecule has 27 heavy (non-hydrogen) atoms. The van der Waals surface area contributed by atoms with Crippen LogP contribution in [0.1, 0.15) is 12.5 Å². The third kappa shape index (κ3) is 6.50. The summed E-state index contributed by atoms with van der Waals surface area (Å²) in [4.78, 5) is 26.2. The zero-order chi connectivity index (χ0) is 20.0. The van der Waals surface area contributed by atoms with Gasteiger partial charge in [0.05, 0.1) is 23.8 Å². The van der Waals surface area contributed by atoms with Crippen molar-refractivity contribution in [3.05, 3.63) is 57.8 Å². The molecule has 0 bridgehead atoms. The van der Waals surface area contributed by atoms with Gasteiger partial charge >= 0.3 is 0 Å². The third-order valence-electron chi connectivity index (χ3n) is 3.86. The molecule has 0 aliphatic rings. The molecule has 2 N–H and O–H groups in total. The molecule has 0 spiro atoms. The van der Waals surface area contributed by atoms with Crippen molar-refractivity contribution in [3.8, 4) is 0 Å². The van der Waals surface area contributed by atoms with Gasteiger partial charge in [-0.3, -0.25) is 14.5 Å². The van der Waals surface area contributed by atoms with Crippen molar-refractivity contribution < 1.29 is 14.0 Å². The Morgan fingerprint density at radius 1 is 1.00 bits per heavy atom. The minimum absolute atomic E-state index is 0.00778. The highest BCUT2D eigenvalue weighted by atomic mass is 35.5. The number of nitrogens with one attached hydrogen (secondary N) is 2. The van der Waals surface area contributed by atoms with Gasteiger partial charge in [0, 0.05) is 10.7 Å². The molecule has 0 aliphatic carbocycles. The fraction of sp³-hybridized carbons (Fsp3) is 0.263. The Morgan fingerprint density at radius 2 is 1.63 bits per heavy atom. The van der Waals surface area contributed by atoms with Crippen LogP contribution in [0.15, 0.2) is 36.4 Å². The fourth-order valence-electron chi connectivity index (χ4n) is 2.38. The van der Waals surface area contributed by atoms with Crippen molar-refractivity contribution in [3.63, 3.8) is 0 Å². The molecule has 0 aliphatic heterocycles. The maximum Gasteiger partial charge on any atom is 0.238 e. The minimum Gasteiger partial charge on any atom is -0.325 e. The van der Waals surface area contributed by atoms with Crippen LogP contribution in [0.3, 0.4) is 0 Å². The highest BCUT2D eigenvalue weighted by Crippen LogP contribution is 2.22. The number of amides is 2. The Balaban J connectivity index is 1.93. The van der Waals surface area contributed by atoms with Crippen molar-refractivity contribution in [2.75, 3.05) is 30.3 Å². The number of nitrogens with zero attached hydrogens (tertiary/aromatic N) is 1. The number of hydrogen-bond acceptors (Lipinski definition) is 3. The fourth-order valence-corrected chi connectivity index (χ4v) is 2.77. The second-order valence-corrected chi connectivity index (χ2v) is 6.83. The average molecular weight is 412 g/mol. The number of carbonyl (C=O) groups is 2. The Labute approximate surface area is 167 Å². The van der Waals surface area contributed by atoms with E-state index in [-0.39, 0.29) is 29.9 Å². The first kappa shape index (κ1) is 21.2. The Bertz CT molecular complexity index is 846. The van der Waals surface area contributed by atoms with Gasteiger partial charge in [-0.25, -0.2) is 4.39 Å². The number of likely N-dealkylation sites (N-methyl/N-ethyl adjacent to an activating group) is 1. The van der Waals surface area contributed by atoms with Crippen molar-refractivity contribution >= 4 is 46.4 Å². The molecule has 144 valence electrons. The SMILES string of the molecule is CCN(CC(=O)Nc1cc(Cl)ccc1C)CC(=O)Nc1ccc(F)cc1Cl. The van der Waals surface area contributed by atoms with E-state index in [0.717, 1.165) is 11.6 Å². The molecular weight excluding hydrogens is 392 g/mol. The molecule has 0 saturated heterocycles.